The molecule has 5 heteroatoms. The van der Waals surface area contributed by atoms with Crippen LogP contribution in [-0.4, -0.2) is 5.91 Å². The molecule has 0 radical (unpaired) electrons. The van der Waals surface area contributed by atoms with Crippen LogP contribution in [0.2, 0.25) is 10.0 Å². The Morgan fingerprint density at radius 3 is 2.60 bits per heavy atom. The number of amides is 1. The third-order valence-corrected chi connectivity index (χ3v) is 5.24. The molecule has 0 unspecified atom stereocenters. The number of hydrogen-bond acceptors (Lipinski definition) is 2. The summed E-state index contributed by atoms with van der Waals surface area (Å²) >= 11 is 13.6. The lowest BCUT2D eigenvalue weighted by Gasteiger charge is -2.05. The van der Waals surface area contributed by atoms with E-state index in [1.807, 2.05) is 30.3 Å². The van der Waals surface area contributed by atoms with E-state index in [1.165, 1.54) is 16.5 Å². The molecule has 1 amide bonds. The fourth-order valence-corrected chi connectivity index (χ4v) is 3.66. The molecule has 0 atom stereocenters. The van der Waals surface area contributed by atoms with Crippen LogP contribution in [0, 0.1) is 0 Å². The van der Waals surface area contributed by atoms with Gasteiger partial charge in [0.2, 0.25) is 5.91 Å². The van der Waals surface area contributed by atoms with Crippen molar-refractivity contribution in [2.24, 2.45) is 0 Å². The van der Waals surface area contributed by atoms with Gasteiger partial charge in [-0.1, -0.05) is 59.6 Å². The molecule has 0 saturated heterocycles. The summed E-state index contributed by atoms with van der Waals surface area (Å²) in [6.07, 6.45) is 3.35. The first-order valence-corrected chi connectivity index (χ1v) is 9.24. The first kappa shape index (κ1) is 17.7. The van der Waals surface area contributed by atoms with Crippen LogP contribution in [0.25, 0.3) is 16.5 Å². The summed E-state index contributed by atoms with van der Waals surface area (Å²) in [6.45, 7) is 0.360. The van der Waals surface area contributed by atoms with E-state index in [2.05, 4.69) is 23.5 Å². The van der Waals surface area contributed by atoms with Gasteiger partial charge in [0.1, 0.15) is 0 Å². The van der Waals surface area contributed by atoms with Crippen molar-refractivity contribution in [3.05, 3.63) is 87.2 Å². The maximum Gasteiger partial charge on any atom is 0.244 e. The Morgan fingerprint density at radius 1 is 1.04 bits per heavy atom. The lowest BCUT2D eigenvalue weighted by atomic mass is 10.2. The monoisotopic (exact) mass is 387 g/mol. The highest BCUT2D eigenvalue weighted by atomic mass is 35.5. The van der Waals surface area contributed by atoms with E-state index in [0.29, 0.717) is 16.6 Å². The number of carbonyl (C=O) groups is 1. The lowest BCUT2D eigenvalue weighted by molar-refractivity contribution is -0.116. The van der Waals surface area contributed by atoms with E-state index in [4.69, 9.17) is 23.2 Å². The van der Waals surface area contributed by atoms with Crippen LogP contribution in [0.15, 0.2) is 66.7 Å². The van der Waals surface area contributed by atoms with Crippen molar-refractivity contribution in [2.45, 2.75) is 6.54 Å². The lowest BCUT2D eigenvalue weighted by Crippen LogP contribution is -2.20. The van der Waals surface area contributed by atoms with Crippen molar-refractivity contribution in [2.75, 3.05) is 0 Å². The van der Waals surface area contributed by atoms with Gasteiger partial charge in [-0.15, -0.1) is 11.3 Å². The molecule has 1 aromatic heterocycles. The number of rotatable bonds is 5. The van der Waals surface area contributed by atoms with Crippen molar-refractivity contribution in [1.82, 2.24) is 5.32 Å². The van der Waals surface area contributed by atoms with E-state index in [-0.39, 0.29) is 5.91 Å². The van der Waals surface area contributed by atoms with Crippen molar-refractivity contribution in [1.29, 1.82) is 0 Å². The first-order valence-electron chi connectivity index (χ1n) is 7.67. The van der Waals surface area contributed by atoms with E-state index < -0.39 is 0 Å². The van der Waals surface area contributed by atoms with Gasteiger partial charge in [-0.3, -0.25) is 4.79 Å². The average Bonchev–Trinajstić information content (AvgIpc) is 3.09. The number of carbonyl (C=O) groups excluding carboxylic acids is 1. The highest BCUT2D eigenvalue weighted by Crippen LogP contribution is 2.28. The Kier molecular flexibility index (Phi) is 5.92. The molecule has 3 rings (SSSR count). The third-order valence-electron chi connectivity index (χ3n) is 3.55. The number of halogens is 2. The van der Waals surface area contributed by atoms with Crippen LogP contribution in [0.5, 0.6) is 0 Å². The largest absolute Gasteiger partial charge is 0.348 e. The summed E-state index contributed by atoms with van der Waals surface area (Å²) in [7, 11) is 0. The summed E-state index contributed by atoms with van der Waals surface area (Å²) in [5, 5.41) is 3.94. The molecule has 1 heterocycles. The number of hydrogen-bond donors (Lipinski definition) is 1. The predicted molar refractivity (Wildman–Crippen MR) is 107 cm³/mol. The molecule has 0 spiro atoms. The van der Waals surface area contributed by atoms with Crippen molar-refractivity contribution in [3.63, 3.8) is 0 Å². The molecule has 25 heavy (non-hydrogen) atoms. The molecule has 0 aliphatic heterocycles. The predicted octanol–water partition coefficient (Wildman–Crippen LogP) is 6.05. The van der Waals surface area contributed by atoms with E-state index in [0.717, 1.165) is 10.4 Å². The summed E-state index contributed by atoms with van der Waals surface area (Å²) < 4.78 is 0. The normalized spacial score (nSPS) is 11.0. The highest BCUT2D eigenvalue weighted by molar-refractivity contribution is 7.16. The van der Waals surface area contributed by atoms with Crippen LogP contribution < -0.4 is 5.32 Å². The Labute approximate surface area is 160 Å². The van der Waals surface area contributed by atoms with Gasteiger partial charge >= 0.3 is 0 Å². The Hall–Kier alpha value is -2.07. The van der Waals surface area contributed by atoms with E-state index in [9.17, 15) is 4.79 Å². The minimum absolute atomic E-state index is 0.166. The second kappa shape index (κ2) is 8.34. The van der Waals surface area contributed by atoms with Crippen molar-refractivity contribution in [3.8, 4) is 10.4 Å². The fourth-order valence-electron chi connectivity index (χ4n) is 2.26. The standard InChI is InChI=1S/C20H15Cl2NOS/c21-16-7-6-15(18(22)12-16)13-23-20(24)11-9-17-8-10-19(25-17)14-4-2-1-3-5-14/h1-12H,13H2,(H,23,24)/b11-9+. The van der Waals surface area contributed by atoms with E-state index in [1.54, 1.807) is 29.5 Å². The van der Waals surface area contributed by atoms with Crippen LogP contribution in [-0.2, 0) is 11.3 Å². The molecule has 0 aliphatic rings. The first-order chi connectivity index (χ1) is 12.1. The van der Waals surface area contributed by atoms with Crippen LogP contribution in [0.3, 0.4) is 0 Å². The molecule has 0 bridgehead atoms. The van der Waals surface area contributed by atoms with Crippen LogP contribution in [0.1, 0.15) is 10.4 Å². The minimum Gasteiger partial charge on any atom is -0.348 e. The molecule has 1 N–H and O–H groups in total. The molecule has 2 nitrogen and oxygen atoms in total. The third kappa shape index (κ3) is 4.95. The molecule has 3 aromatic rings. The Balaban J connectivity index is 1.58. The molecular weight excluding hydrogens is 373 g/mol. The van der Waals surface area contributed by atoms with Crippen LogP contribution in [0.4, 0.5) is 0 Å². The van der Waals surface area contributed by atoms with E-state index >= 15 is 0 Å². The van der Waals surface area contributed by atoms with Gasteiger partial charge in [0.15, 0.2) is 0 Å². The number of benzene rings is 2. The summed E-state index contributed by atoms with van der Waals surface area (Å²) in [5.74, 6) is -0.166. The zero-order chi connectivity index (χ0) is 17.6. The Bertz CT molecular complexity index is 903. The summed E-state index contributed by atoms with van der Waals surface area (Å²) in [6, 6.07) is 19.5. The second-order valence-electron chi connectivity index (χ2n) is 5.35. The minimum atomic E-state index is -0.166. The summed E-state index contributed by atoms with van der Waals surface area (Å²) in [4.78, 5) is 14.2. The zero-order valence-corrected chi connectivity index (χ0v) is 15.5. The second-order valence-corrected chi connectivity index (χ2v) is 7.31. The molecule has 0 saturated carbocycles. The SMILES string of the molecule is O=C(/C=C/c1ccc(-c2ccccc2)s1)NCc1ccc(Cl)cc1Cl. The maximum absolute atomic E-state index is 12.0. The highest BCUT2D eigenvalue weighted by Gasteiger charge is 2.04. The smallest absolute Gasteiger partial charge is 0.244 e. The van der Waals surface area contributed by atoms with Gasteiger partial charge in [-0.25, -0.2) is 0 Å². The number of thiophene rings is 1. The fraction of sp³-hybridized carbons (Fsp3) is 0.0500. The summed E-state index contributed by atoms with van der Waals surface area (Å²) in [5.41, 5.74) is 2.00. The Morgan fingerprint density at radius 2 is 1.84 bits per heavy atom. The average molecular weight is 388 g/mol. The number of nitrogens with one attached hydrogen (secondary N) is 1. The quantitative estimate of drug-likeness (QED) is 0.530. The molecule has 0 aliphatic carbocycles. The van der Waals surface area contributed by atoms with Gasteiger partial charge in [-0.05, 0) is 41.5 Å². The molecule has 126 valence electrons. The van der Waals surface area contributed by atoms with Crippen LogP contribution >= 0.6 is 34.5 Å². The topological polar surface area (TPSA) is 29.1 Å². The zero-order valence-electron chi connectivity index (χ0n) is 13.2. The van der Waals surface area contributed by atoms with Gasteiger partial charge in [0, 0.05) is 32.4 Å². The van der Waals surface area contributed by atoms with Crippen molar-refractivity contribution >= 4 is 46.5 Å². The van der Waals surface area contributed by atoms with Crippen molar-refractivity contribution < 1.29 is 4.79 Å². The van der Waals surface area contributed by atoms with Gasteiger partial charge in [0.05, 0.1) is 0 Å². The molecular formula is C20H15Cl2NOS. The molecule has 0 fully saturated rings. The van der Waals surface area contributed by atoms with Gasteiger partial charge < -0.3 is 5.32 Å². The maximum atomic E-state index is 12.0. The molecule has 2 aromatic carbocycles. The van der Waals surface area contributed by atoms with Gasteiger partial charge in [0.25, 0.3) is 0 Å². The van der Waals surface area contributed by atoms with Gasteiger partial charge in [-0.2, -0.15) is 0 Å².